The number of rotatable bonds is 4. The van der Waals surface area contributed by atoms with Gasteiger partial charge < -0.3 is 15.2 Å². The van der Waals surface area contributed by atoms with Crippen LogP contribution in [0.5, 0.6) is 5.75 Å². The molecule has 1 saturated carbocycles. The maximum atomic E-state index is 11.2. The van der Waals surface area contributed by atoms with Crippen molar-refractivity contribution in [2.45, 2.75) is 37.6 Å². The van der Waals surface area contributed by atoms with Crippen LogP contribution in [-0.2, 0) is 4.79 Å². The summed E-state index contributed by atoms with van der Waals surface area (Å²) in [7, 11) is 0. The van der Waals surface area contributed by atoms with Crippen molar-refractivity contribution in [2.75, 3.05) is 13.2 Å². The number of nitrogens with one attached hydrogen (secondary N) is 1. The largest absolute Gasteiger partial charge is 0.493 e. The lowest BCUT2D eigenvalue weighted by Gasteiger charge is -2.28. The lowest BCUT2D eigenvalue weighted by Crippen LogP contribution is -2.39. The van der Waals surface area contributed by atoms with Crippen molar-refractivity contribution in [1.82, 2.24) is 5.32 Å². The third-order valence-electron chi connectivity index (χ3n) is 4.54. The fourth-order valence-electron chi connectivity index (χ4n) is 3.42. The Morgan fingerprint density at radius 2 is 2.15 bits per heavy atom. The first-order valence-electron chi connectivity index (χ1n) is 7.43. The number of benzene rings is 1. The molecule has 3 rings (SSSR count). The summed E-state index contributed by atoms with van der Waals surface area (Å²) in [5.74, 6) is 0.527. The molecule has 4 nitrogen and oxygen atoms in total. The summed E-state index contributed by atoms with van der Waals surface area (Å²) >= 11 is 0. The Balaban J connectivity index is 1.63. The highest BCUT2D eigenvalue weighted by molar-refractivity contribution is 5.71. The van der Waals surface area contributed by atoms with Gasteiger partial charge in [-0.25, -0.2) is 0 Å². The highest BCUT2D eigenvalue weighted by atomic mass is 16.5. The summed E-state index contributed by atoms with van der Waals surface area (Å²) in [5.41, 5.74) is 1.25. The maximum absolute atomic E-state index is 11.2. The summed E-state index contributed by atoms with van der Waals surface area (Å²) in [6.07, 6.45) is 3.78. The zero-order valence-electron chi connectivity index (χ0n) is 11.5. The molecule has 1 heterocycles. The molecule has 2 N–H and O–H groups in total. The van der Waals surface area contributed by atoms with Crippen LogP contribution in [0.2, 0.25) is 0 Å². The number of carboxylic acid groups (broad SMARTS) is 1. The first-order valence-corrected chi connectivity index (χ1v) is 7.43. The monoisotopic (exact) mass is 275 g/mol. The second-order valence-corrected chi connectivity index (χ2v) is 5.76. The average molecular weight is 275 g/mol. The van der Waals surface area contributed by atoms with Gasteiger partial charge in [0.25, 0.3) is 0 Å². The molecule has 2 aliphatic rings. The molecular formula is C16H21NO3. The number of hydrogen-bond donors (Lipinski definition) is 2. The molecule has 0 saturated heterocycles. The van der Waals surface area contributed by atoms with Gasteiger partial charge in [0.15, 0.2) is 0 Å². The van der Waals surface area contributed by atoms with Crippen molar-refractivity contribution >= 4 is 5.97 Å². The second-order valence-electron chi connectivity index (χ2n) is 5.76. The van der Waals surface area contributed by atoms with Gasteiger partial charge in [-0.2, -0.15) is 0 Å². The SMILES string of the molecule is O=C(O)[C@H]1CCC[C@H]1NCC1CCOc2ccccc21. The van der Waals surface area contributed by atoms with Gasteiger partial charge in [0, 0.05) is 18.5 Å². The third-order valence-corrected chi connectivity index (χ3v) is 4.54. The third kappa shape index (κ3) is 2.66. The average Bonchev–Trinajstić information content (AvgIpc) is 2.93. The molecule has 1 aliphatic heterocycles. The summed E-state index contributed by atoms with van der Waals surface area (Å²) < 4.78 is 5.66. The molecular weight excluding hydrogens is 254 g/mol. The van der Waals surface area contributed by atoms with Gasteiger partial charge in [-0.15, -0.1) is 0 Å². The van der Waals surface area contributed by atoms with E-state index in [-0.39, 0.29) is 12.0 Å². The minimum absolute atomic E-state index is 0.127. The molecule has 4 heteroatoms. The van der Waals surface area contributed by atoms with E-state index in [0.717, 1.165) is 44.6 Å². The van der Waals surface area contributed by atoms with Crippen LogP contribution in [0.4, 0.5) is 0 Å². The van der Waals surface area contributed by atoms with Crippen LogP contribution in [0.3, 0.4) is 0 Å². The highest BCUT2D eigenvalue weighted by Crippen LogP contribution is 2.33. The smallest absolute Gasteiger partial charge is 0.308 e. The number of para-hydroxylation sites is 1. The van der Waals surface area contributed by atoms with Crippen LogP contribution >= 0.6 is 0 Å². The van der Waals surface area contributed by atoms with E-state index in [1.54, 1.807) is 0 Å². The van der Waals surface area contributed by atoms with E-state index in [0.29, 0.717) is 5.92 Å². The van der Waals surface area contributed by atoms with Gasteiger partial charge in [-0.05, 0) is 30.9 Å². The van der Waals surface area contributed by atoms with Crippen molar-refractivity contribution in [3.8, 4) is 5.75 Å². The molecule has 108 valence electrons. The van der Waals surface area contributed by atoms with Crippen molar-refractivity contribution in [2.24, 2.45) is 5.92 Å². The minimum Gasteiger partial charge on any atom is -0.493 e. The summed E-state index contributed by atoms with van der Waals surface area (Å²) in [6, 6.07) is 8.28. The molecule has 1 fully saturated rings. The van der Waals surface area contributed by atoms with Crippen LogP contribution < -0.4 is 10.1 Å². The zero-order chi connectivity index (χ0) is 13.9. The van der Waals surface area contributed by atoms with Gasteiger partial charge in [-0.1, -0.05) is 24.6 Å². The van der Waals surface area contributed by atoms with E-state index in [1.807, 2.05) is 18.2 Å². The molecule has 0 aromatic heterocycles. The minimum atomic E-state index is -0.660. The molecule has 0 spiro atoms. The number of hydrogen-bond acceptors (Lipinski definition) is 3. The first kappa shape index (κ1) is 13.4. The quantitative estimate of drug-likeness (QED) is 0.886. The molecule has 1 aromatic carbocycles. The van der Waals surface area contributed by atoms with Crippen LogP contribution in [0.25, 0.3) is 0 Å². The number of carbonyl (C=O) groups is 1. The van der Waals surface area contributed by atoms with E-state index in [2.05, 4.69) is 11.4 Å². The Kier molecular flexibility index (Phi) is 3.92. The van der Waals surface area contributed by atoms with Gasteiger partial charge in [0.1, 0.15) is 5.75 Å². The Hall–Kier alpha value is -1.55. The molecule has 20 heavy (non-hydrogen) atoms. The van der Waals surface area contributed by atoms with Crippen molar-refractivity contribution in [3.05, 3.63) is 29.8 Å². The van der Waals surface area contributed by atoms with E-state index in [9.17, 15) is 9.90 Å². The van der Waals surface area contributed by atoms with E-state index in [4.69, 9.17) is 4.74 Å². The molecule has 0 bridgehead atoms. The Bertz CT molecular complexity index is 488. The molecule has 1 unspecified atom stereocenters. The van der Waals surface area contributed by atoms with Gasteiger partial charge in [-0.3, -0.25) is 4.79 Å². The summed E-state index contributed by atoms with van der Waals surface area (Å²) in [4.78, 5) is 11.2. The lowest BCUT2D eigenvalue weighted by atomic mass is 9.92. The molecule has 0 amide bonds. The first-order chi connectivity index (χ1) is 9.75. The highest BCUT2D eigenvalue weighted by Gasteiger charge is 2.33. The molecule has 0 radical (unpaired) electrons. The topological polar surface area (TPSA) is 58.6 Å². The molecule has 1 aromatic rings. The van der Waals surface area contributed by atoms with Crippen LogP contribution in [0, 0.1) is 5.92 Å². The number of ether oxygens (including phenoxy) is 1. The summed E-state index contributed by atoms with van der Waals surface area (Å²) in [6.45, 7) is 1.59. The lowest BCUT2D eigenvalue weighted by molar-refractivity contribution is -0.142. The second kappa shape index (κ2) is 5.83. The van der Waals surface area contributed by atoms with Crippen LogP contribution in [0.1, 0.15) is 37.2 Å². The van der Waals surface area contributed by atoms with Crippen molar-refractivity contribution in [1.29, 1.82) is 0 Å². The maximum Gasteiger partial charge on any atom is 0.308 e. The Labute approximate surface area is 119 Å². The Morgan fingerprint density at radius 1 is 1.30 bits per heavy atom. The van der Waals surface area contributed by atoms with E-state index in [1.165, 1.54) is 5.56 Å². The number of fused-ring (bicyclic) bond motifs is 1. The predicted molar refractivity (Wildman–Crippen MR) is 76.1 cm³/mol. The van der Waals surface area contributed by atoms with Crippen LogP contribution in [0.15, 0.2) is 24.3 Å². The number of aliphatic carboxylic acids is 1. The van der Waals surface area contributed by atoms with Crippen LogP contribution in [-0.4, -0.2) is 30.3 Å². The van der Waals surface area contributed by atoms with Gasteiger partial charge in [0.05, 0.1) is 12.5 Å². The summed E-state index contributed by atoms with van der Waals surface area (Å²) in [5, 5.41) is 12.7. The van der Waals surface area contributed by atoms with E-state index < -0.39 is 5.97 Å². The predicted octanol–water partition coefficient (Wildman–Crippen LogP) is 2.40. The molecule has 3 atom stereocenters. The number of carboxylic acids is 1. The normalized spacial score (nSPS) is 28.7. The fourth-order valence-corrected chi connectivity index (χ4v) is 3.42. The van der Waals surface area contributed by atoms with Gasteiger partial charge in [0.2, 0.25) is 0 Å². The Morgan fingerprint density at radius 3 is 3.00 bits per heavy atom. The van der Waals surface area contributed by atoms with Crippen molar-refractivity contribution < 1.29 is 14.6 Å². The van der Waals surface area contributed by atoms with Crippen molar-refractivity contribution in [3.63, 3.8) is 0 Å². The molecule has 1 aliphatic carbocycles. The van der Waals surface area contributed by atoms with E-state index >= 15 is 0 Å². The standard InChI is InChI=1S/C16H21NO3/c18-16(19)13-5-3-6-14(13)17-10-11-8-9-20-15-7-2-1-4-12(11)15/h1-2,4,7,11,13-14,17H,3,5-6,8-10H2,(H,18,19)/t11?,13-,14+/m0/s1. The van der Waals surface area contributed by atoms with Gasteiger partial charge >= 0.3 is 5.97 Å². The fraction of sp³-hybridized carbons (Fsp3) is 0.562. The zero-order valence-corrected chi connectivity index (χ0v) is 11.5.